The van der Waals surface area contributed by atoms with Crippen LogP contribution in [-0.2, 0) is 23.1 Å². The van der Waals surface area contributed by atoms with E-state index in [0.29, 0.717) is 24.5 Å². The molecule has 0 saturated carbocycles. The van der Waals surface area contributed by atoms with Crippen LogP contribution >= 0.6 is 11.3 Å². The van der Waals surface area contributed by atoms with Crippen molar-refractivity contribution in [2.75, 3.05) is 18.5 Å². The predicted octanol–water partition coefficient (Wildman–Crippen LogP) is 1.84. The number of hydrogen-bond acceptors (Lipinski definition) is 7. The SMILES string of the molecule is CC(C)(C)c1ncc2c(n1)-c1sc(NC(=O)N3CCC[C@@]3(CO)C(N)=O)nc1CC2. The second-order valence-corrected chi connectivity index (χ2v) is 9.85. The number of aliphatic hydroxyl groups excluding tert-OH is 1. The number of carbonyl (C=O) groups is 2. The summed E-state index contributed by atoms with van der Waals surface area (Å²) in [7, 11) is 0. The monoisotopic (exact) mass is 430 g/mol. The van der Waals surface area contributed by atoms with Crippen LogP contribution in [0.1, 0.15) is 50.7 Å². The molecule has 0 radical (unpaired) electrons. The molecule has 4 rings (SSSR count). The normalized spacial score (nSPS) is 20.6. The van der Waals surface area contributed by atoms with Crippen LogP contribution in [0.25, 0.3) is 10.6 Å². The lowest BCUT2D eigenvalue weighted by Crippen LogP contribution is -2.59. The molecule has 0 spiro atoms. The summed E-state index contributed by atoms with van der Waals surface area (Å²) in [5, 5.41) is 13.0. The first-order valence-corrected chi connectivity index (χ1v) is 10.8. The van der Waals surface area contributed by atoms with Crippen LogP contribution in [-0.4, -0.2) is 55.6 Å². The number of rotatable bonds is 3. The molecular weight excluding hydrogens is 404 g/mol. The van der Waals surface area contributed by atoms with Crippen molar-refractivity contribution in [1.29, 1.82) is 0 Å². The number of amides is 3. The van der Waals surface area contributed by atoms with Crippen LogP contribution in [0.4, 0.5) is 9.93 Å². The summed E-state index contributed by atoms with van der Waals surface area (Å²) in [4.78, 5) is 41.0. The molecule has 1 aliphatic carbocycles. The number of likely N-dealkylation sites (tertiary alicyclic amines) is 1. The Morgan fingerprint density at radius 1 is 1.33 bits per heavy atom. The molecule has 3 heterocycles. The van der Waals surface area contributed by atoms with Crippen molar-refractivity contribution in [3.05, 3.63) is 23.3 Å². The number of fused-ring (bicyclic) bond motifs is 3. The number of nitrogens with zero attached hydrogens (tertiary/aromatic N) is 4. The fraction of sp³-hybridized carbons (Fsp3) is 0.550. The van der Waals surface area contributed by atoms with Gasteiger partial charge in [-0.3, -0.25) is 10.1 Å². The van der Waals surface area contributed by atoms with Crippen molar-refractivity contribution in [2.45, 2.75) is 57.4 Å². The zero-order chi connectivity index (χ0) is 21.7. The fourth-order valence-corrected chi connectivity index (χ4v) is 5.02. The minimum atomic E-state index is -1.36. The molecule has 4 N–H and O–H groups in total. The second kappa shape index (κ2) is 7.28. The molecule has 3 amide bonds. The average molecular weight is 431 g/mol. The number of urea groups is 1. The summed E-state index contributed by atoms with van der Waals surface area (Å²) in [6, 6.07) is -0.482. The summed E-state index contributed by atoms with van der Waals surface area (Å²) in [5.74, 6) is 0.0655. The highest BCUT2D eigenvalue weighted by Gasteiger charge is 2.48. The van der Waals surface area contributed by atoms with Gasteiger partial charge in [-0.25, -0.2) is 19.7 Å². The van der Waals surface area contributed by atoms with Crippen molar-refractivity contribution in [1.82, 2.24) is 19.9 Å². The molecule has 160 valence electrons. The van der Waals surface area contributed by atoms with Gasteiger partial charge in [-0.2, -0.15) is 0 Å². The van der Waals surface area contributed by atoms with Crippen LogP contribution in [0.2, 0.25) is 0 Å². The Bertz CT molecular complexity index is 1010. The van der Waals surface area contributed by atoms with Gasteiger partial charge >= 0.3 is 6.03 Å². The largest absolute Gasteiger partial charge is 0.393 e. The molecule has 2 aliphatic rings. The average Bonchev–Trinajstić information content (AvgIpc) is 3.31. The summed E-state index contributed by atoms with van der Waals surface area (Å²) < 4.78 is 0. The lowest BCUT2D eigenvalue weighted by atomic mass is 9.94. The molecule has 1 aliphatic heterocycles. The number of nitrogens with two attached hydrogens (primary N) is 1. The number of thiazole rings is 1. The van der Waals surface area contributed by atoms with Gasteiger partial charge in [-0.05, 0) is 31.2 Å². The highest BCUT2D eigenvalue weighted by atomic mass is 32.1. The van der Waals surface area contributed by atoms with E-state index in [1.54, 1.807) is 0 Å². The van der Waals surface area contributed by atoms with Crippen LogP contribution in [0, 0.1) is 0 Å². The lowest BCUT2D eigenvalue weighted by molar-refractivity contribution is -0.129. The predicted molar refractivity (Wildman–Crippen MR) is 113 cm³/mol. The third kappa shape index (κ3) is 3.33. The van der Waals surface area contributed by atoms with Crippen molar-refractivity contribution in [3.8, 4) is 10.6 Å². The number of aromatic nitrogens is 3. The first-order valence-electron chi connectivity index (χ1n) is 10.0. The number of nitrogens with one attached hydrogen (secondary N) is 1. The van der Waals surface area contributed by atoms with Crippen molar-refractivity contribution in [2.24, 2.45) is 5.73 Å². The Balaban J connectivity index is 1.62. The third-order valence-electron chi connectivity index (χ3n) is 5.75. The molecule has 2 aromatic heterocycles. The van der Waals surface area contributed by atoms with E-state index >= 15 is 0 Å². The third-order valence-corrected chi connectivity index (χ3v) is 6.77. The van der Waals surface area contributed by atoms with Gasteiger partial charge in [0.25, 0.3) is 0 Å². The zero-order valence-corrected chi connectivity index (χ0v) is 18.2. The number of carbonyl (C=O) groups excluding carboxylic acids is 2. The zero-order valence-electron chi connectivity index (χ0n) is 17.4. The highest BCUT2D eigenvalue weighted by Crippen LogP contribution is 2.39. The Morgan fingerprint density at radius 2 is 2.10 bits per heavy atom. The van der Waals surface area contributed by atoms with E-state index in [1.807, 2.05) is 6.20 Å². The van der Waals surface area contributed by atoms with E-state index in [0.717, 1.165) is 40.5 Å². The van der Waals surface area contributed by atoms with Gasteiger partial charge in [-0.1, -0.05) is 32.1 Å². The lowest BCUT2D eigenvalue weighted by Gasteiger charge is -2.33. The van der Waals surface area contributed by atoms with Crippen LogP contribution in [0.5, 0.6) is 0 Å². The van der Waals surface area contributed by atoms with Gasteiger partial charge in [-0.15, -0.1) is 0 Å². The minimum absolute atomic E-state index is 0.174. The van der Waals surface area contributed by atoms with Gasteiger partial charge in [0.1, 0.15) is 11.4 Å². The first kappa shape index (κ1) is 20.7. The van der Waals surface area contributed by atoms with Gasteiger partial charge in [0.15, 0.2) is 5.13 Å². The second-order valence-electron chi connectivity index (χ2n) is 8.85. The van der Waals surface area contributed by atoms with Crippen molar-refractivity contribution < 1.29 is 14.7 Å². The molecule has 1 saturated heterocycles. The van der Waals surface area contributed by atoms with E-state index in [1.165, 1.54) is 16.2 Å². The molecule has 9 nitrogen and oxygen atoms in total. The van der Waals surface area contributed by atoms with Crippen LogP contribution in [0.3, 0.4) is 0 Å². The van der Waals surface area contributed by atoms with E-state index in [4.69, 9.17) is 10.7 Å². The van der Waals surface area contributed by atoms with Gasteiger partial charge in [0.2, 0.25) is 5.91 Å². The molecule has 0 aromatic carbocycles. The molecule has 1 fully saturated rings. The Kier molecular flexibility index (Phi) is 5.01. The summed E-state index contributed by atoms with van der Waals surface area (Å²) in [6.07, 6.45) is 4.38. The maximum absolute atomic E-state index is 12.9. The molecule has 10 heteroatoms. The van der Waals surface area contributed by atoms with Crippen LogP contribution < -0.4 is 11.1 Å². The number of anilines is 1. The standard InChI is InChI=1S/C20H26N6O3S/c1-19(2,3)16-22-9-11-5-6-12-14(13(11)24-16)30-17(23-12)25-18(29)26-8-4-7-20(26,10-27)15(21)28/h9,27H,4-8,10H2,1-3H3,(H2,21,28)(H,23,25,29)/t20-/m1/s1. The molecule has 0 unspecified atom stereocenters. The van der Waals surface area contributed by atoms with E-state index in [2.05, 4.69) is 36.1 Å². The van der Waals surface area contributed by atoms with Crippen molar-refractivity contribution >= 4 is 28.4 Å². The smallest absolute Gasteiger partial charge is 0.324 e. The van der Waals surface area contributed by atoms with Gasteiger partial charge in [0, 0.05) is 18.2 Å². The number of hydrogen-bond donors (Lipinski definition) is 3. The fourth-order valence-electron chi connectivity index (χ4n) is 3.99. The van der Waals surface area contributed by atoms with Gasteiger partial charge < -0.3 is 15.7 Å². The maximum Gasteiger partial charge on any atom is 0.324 e. The molecule has 0 bridgehead atoms. The summed E-state index contributed by atoms with van der Waals surface area (Å²) in [6.45, 7) is 6.06. The quantitative estimate of drug-likeness (QED) is 0.680. The number of primary amides is 1. The summed E-state index contributed by atoms with van der Waals surface area (Å²) in [5.41, 5.74) is 6.81. The molecular formula is C20H26N6O3S. The van der Waals surface area contributed by atoms with E-state index < -0.39 is 24.1 Å². The highest BCUT2D eigenvalue weighted by molar-refractivity contribution is 7.19. The maximum atomic E-state index is 12.9. The number of aryl methyl sites for hydroxylation is 2. The Morgan fingerprint density at radius 3 is 2.77 bits per heavy atom. The topological polar surface area (TPSA) is 134 Å². The van der Waals surface area contributed by atoms with Crippen LogP contribution in [0.15, 0.2) is 6.20 Å². The Hall–Kier alpha value is -2.59. The summed E-state index contributed by atoms with van der Waals surface area (Å²) >= 11 is 1.36. The van der Waals surface area contributed by atoms with Crippen molar-refractivity contribution in [3.63, 3.8) is 0 Å². The van der Waals surface area contributed by atoms with E-state index in [-0.39, 0.29) is 5.41 Å². The first-order chi connectivity index (χ1) is 14.2. The van der Waals surface area contributed by atoms with Gasteiger partial charge in [0.05, 0.1) is 22.9 Å². The molecule has 30 heavy (non-hydrogen) atoms. The number of aliphatic hydroxyl groups is 1. The minimum Gasteiger partial charge on any atom is -0.393 e. The molecule has 2 aromatic rings. The molecule has 1 atom stereocenters. The Labute approximate surface area is 178 Å². The van der Waals surface area contributed by atoms with E-state index in [9.17, 15) is 14.7 Å².